The molecule has 1 aliphatic carbocycles. The Kier molecular flexibility index (Phi) is 4.77. The van der Waals surface area contributed by atoms with Crippen molar-refractivity contribution in [2.45, 2.75) is 58.9 Å². The molecule has 4 nitrogen and oxygen atoms in total. The van der Waals surface area contributed by atoms with E-state index in [4.69, 9.17) is 11.6 Å². The SMILES string of the molecule is Cc1cc([N+](=O)[O-])c(Cl)cc1NC1CCCC(C)(C)CC1. The molecule has 0 radical (unpaired) electrons. The average Bonchev–Trinajstić information content (AvgIpc) is 2.54. The monoisotopic (exact) mass is 310 g/mol. The van der Waals surface area contributed by atoms with Gasteiger partial charge in [-0.1, -0.05) is 31.9 Å². The van der Waals surface area contributed by atoms with Gasteiger partial charge in [-0.3, -0.25) is 10.1 Å². The molecule has 0 aromatic heterocycles. The van der Waals surface area contributed by atoms with E-state index in [2.05, 4.69) is 19.2 Å². The number of nitrogens with zero attached hydrogens (tertiary/aromatic N) is 1. The van der Waals surface area contributed by atoms with E-state index in [9.17, 15) is 10.1 Å². The Bertz CT molecular complexity index is 543. The zero-order valence-electron chi connectivity index (χ0n) is 12.9. The van der Waals surface area contributed by atoms with Crippen LogP contribution in [0.25, 0.3) is 0 Å². The number of nitrogens with one attached hydrogen (secondary N) is 1. The molecule has 1 saturated carbocycles. The van der Waals surface area contributed by atoms with Crippen LogP contribution in [0.5, 0.6) is 0 Å². The maximum absolute atomic E-state index is 10.9. The third-order valence-corrected chi connectivity index (χ3v) is 4.73. The molecule has 1 N–H and O–H groups in total. The van der Waals surface area contributed by atoms with Gasteiger partial charge in [0.2, 0.25) is 0 Å². The molecule has 1 aromatic carbocycles. The van der Waals surface area contributed by atoms with Crippen LogP contribution in [0.2, 0.25) is 5.02 Å². The van der Waals surface area contributed by atoms with E-state index >= 15 is 0 Å². The van der Waals surface area contributed by atoms with E-state index in [0.717, 1.165) is 24.1 Å². The van der Waals surface area contributed by atoms with Gasteiger partial charge in [0.05, 0.1) is 4.92 Å². The molecular weight excluding hydrogens is 288 g/mol. The van der Waals surface area contributed by atoms with Crippen LogP contribution in [-0.4, -0.2) is 11.0 Å². The number of benzene rings is 1. The highest BCUT2D eigenvalue weighted by Crippen LogP contribution is 2.36. The highest BCUT2D eigenvalue weighted by Gasteiger charge is 2.25. The Morgan fingerprint density at radius 3 is 2.71 bits per heavy atom. The second-order valence-electron chi connectivity index (χ2n) is 6.81. The fraction of sp³-hybridized carbons (Fsp3) is 0.625. The van der Waals surface area contributed by atoms with Gasteiger partial charge in [-0.05, 0) is 49.7 Å². The van der Waals surface area contributed by atoms with Crippen LogP contribution in [0.1, 0.15) is 51.5 Å². The summed E-state index contributed by atoms with van der Waals surface area (Å²) in [6, 6.07) is 3.65. The lowest BCUT2D eigenvalue weighted by molar-refractivity contribution is -0.384. The molecule has 116 valence electrons. The van der Waals surface area contributed by atoms with Crippen LogP contribution < -0.4 is 5.32 Å². The molecule has 2 rings (SSSR count). The second-order valence-corrected chi connectivity index (χ2v) is 7.22. The van der Waals surface area contributed by atoms with E-state index < -0.39 is 4.92 Å². The fourth-order valence-corrected chi connectivity index (χ4v) is 3.22. The lowest BCUT2D eigenvalue weighted by atomic mass is 9.85. The molecule has 0 bridgehead atoms. The number of hydrogen-bond donors (Lipinski definition) is 1. The summed E-state index contributed by atoms with van der Waals surface area (Å²) in [6.07, 6.45) is 5.93. The minimum atomic E-state index is -0.437. The van der Waals surface area contributed by atoms with Gasteiger partial charge in [0.15, 0.2) is 0 Å². The van der Waals surface area contributed by atoms with E-state index in [1.165, 1.54) is 19.3 Å². The molecule has 0 spiro atoms. The van der Waals surface area contributed by atoms with E-state index in [0.29, 0.717) is 11.5 Å². The highest BCUT2D eigenvalue weighted by molar-refractivity contribution is 6.33. The molecule has 1 atom stereocenters. The first-order valence-corrected chi connectivity index (χ1v) is 7.87. The summed E-state index contributed by atoms with van der Waals surface area (Å²) in [5, 5.41) is 14.6. The summed E-state index contributed by atoms with van der Waals surface area (Å²) in [5.74, 6) is 0. The lowest BCUT2D eigenvalue weighted by Crippen LogP contribution is -2.19. The Morgan fingerprint density at radius 1 is 1.33 bits per heavy atom. The Morgan fingerprint density at radius 2 is 2.05 bits per heavy atom. The van der Waals surface area contributed by atoms with Gasteiger partial charge >= 0.3 is 0 Å². The predicted molar refractivity (Wildman–Crippen MR) is 87.1 cm³/mol. The topological polar surface area (TPSA) is 55.2 Å². The van der Waals surface area contributed by atoms with Crippen LogP contribution in [0.4, 0.5) is 11.4 Å². The Hall–Kier alpha value is -1.29. The normalized spacial score (nSPS) is 21.6. The fourth-order valence-electron chi connectivity index (χ4n) is 2.99. The molecule has 0 saturated heterocycles. The van der Waals surface area contributed by atoms with Crippen LogP contribution in [-0.2, 0) is 0 Å². The zero-order chi connectivity index (χ0) is 15.6. The third-order valence-electron chi connectivity index (χ3n) is 4.43. The van der Waals surface area contributed by atoms with Crippen molar-refractivity contribution < 1.29 is 4.92 Å². The molecule has 0 aliphatic heterocycles. The quantitative estimate of drug-likeness (QED) is 0.466. The minimum Gasteiger partial charge on any atom is -0.382 e. The van der Waals surface area contributed by atoms with E-state index in [1.54, 1.807) is 12.1 Å². The summed E-state index contributed by atoms with van der Waals surface area (Å²) in [4.78, 5) is 10.5. The third kappa shape index (κ3) is 4.10. The first-order chi connectivity index (χ1) is 9.78. The molecule has 0 heterocycles. The number of nitro groups is 1. The molecule has 0 amide bonds. The van der Waals surface area contributed by atoms with Crippen LogP contribution in [0.3, 0.4) is 0 Å². The first-order valence-electron chi connectivity index (χ1n) is 7.49. The molecule has 1 fully saturated rings. The standard InChI is InChI=1S/C16H23ClN2O2/c1-11-9-15(19(20)21)13(17)10-14(11)18-12-5-4-7-16(2,3)8-6-12/h9-10,12,18H,4-8H2,1-3H3. The van der Waals surface area contributed by atoms with Gasteiger partial charge < -0.3 is 5.32 Å². The largest absolute Gasteiger partial charge is 0.382 e. The molecule has 5 heteroatoms. The van der Waals surface area contributed by atoms with Crippen molar-refractivity contribution in [1.82, 2.24) is 0 Å². The number of anilines is 1. The van der Waals surface area contributed by atoms with E-state index in [1.807, 2.05) is 6.92 Å². The summed E-state index contributed by atoms with van der Waals surface area (Å²) in [6.45, 7) is 6.53. The Labute approximate surface area is 131 Å². The molecule has 1 aliphatic rings. The first kappa shape index (κ1) is 16.1. The number of nitro benzene ring substituents is 1. The van der Waals surface area contributed by atoms with Gasteiger partial charge in [0.1, 0.15) is 5.02 Å². The van der Waals surface area contributed by atoms with Crippen LogP contribution in [0, 0.1) is 22.5 Å². The maximum atomic E-state index is 10.9. The number of rotatable bonds is 3. The van der Waals surface area contributed by atoms with Crippen molar-refractivity contribution in [2.24, 2.45) is 5.41 Å². The van der Waals surface area contributed by atoms with Gasteiger partial charge in [0, 0.05) is 17.8 Å². The number of hydrogen-bond acceptors (Lipinski definition) is 3. The summed E-state index contributed by atoms with van der Waals surface area (Å²) in [5.41, 5.74) is 2.17. The highest BCUT2D eigenvalue weighted by atomic mass is 35.5. The van der Waals surface area contributed by atoms with Crippen molar-refractivity contribution in [3.63, 3.8) is 0 Å². The van der Waals surface area contributed by atoms with Gasteiger partial charge in [-0.2, -0.15) is 0 Å². The van der Waals surface area contributed by atoms with Gasteiger partial charge in [-0.15, -0.1) is 0 Å². The predicted octanol–water partition coefficient (Wildman–Crippen LogP) is 5.33. The van der Waals surface area contributed by atoms with Crippen LogP contribution in [0.15, 0.2) is 12.1 Å². The number of halogens is 1. The summed E-state index contributed by atoms with van der Waals surface area (Å²) in [7, 11) is 0. The molecule has 21 heavy (non-hydrogen) atoms. The molecule has 1 unspecified atom stereocenters. The van der Waals surface area contributed by atoms with Crippen LogP contribution >= 0.6 is 11.6 Å². The van der Waals surface area contributed by atoms with Crippen molar-refractivity contribution in [3.05, 3.63) is 32.8 Å². The van der Waals surface area contributed by atoms with Gasteiger partial charge in [-0.25, -0.2) is 0 Å². The van der Waals surface area contributed by atoms with Gasteiger partial charge in [0.25, 0.3) is 5.69 Å². The maximum Gasteiger partial charge on any atom is 0.288 e. The number of aryl methyl sites for hydroxylation is 1. The van der Waals surface area contributed by atoms with Crippen molar-refractivity contribution in [2.75, 3.05) is 5.32 Å². The second kappa shape index (κ2) is 6.22. The molecule has 1 aromatic rings. The van der Waals surface area contributed by atoms with Crippen molar-refractivity contribution >= 4 is 23.0 Å². The Balaban J connectivity index is 2.13. The van der Waals surface area contributed by atoms with Crippen molar-refractivity contribution in [3.8, 4) is 0 Å². The summed E-state index contributed by atoms with van der Waals surface area (Å²) < 4.78 is 0. The zero-order valence-corrected chi connectivity index (χ0v) is 13.7. The van der Waals surface area contributed by atoms with Crippen molar-refractivity contribution in [1.29, 1.82) is 0 Å². The smallest absolute Gasteiger partial charge is 0.288 e. The molecular formula is C16H23ClN2O2. The average molecular weight is 311 g/mol. The van der Waals surface area contributed by atoms with E-state index in [-0.39, 0.29) is 10.7 Å². The summed E-state index contributed by atoms with van der Waals surface area (Å²) >= 11 is 6.01. The lowest BCUT2D eigenvalue weighted by Gasteiger charge is -2.23. The minimum absolute atomic E-state index is 0.0262.